The molecule has 0 bridgehead atoms. The van der Waals surface area contributed by atoms with Gasteiger partial charge in [0.2, 0.25) is 0 Å². The third-order valence-corrected chi connectivity index (χ3v) is 2.79. The predicted octanol–water partition coefficient (Wildman–Crippen LogP) is 2.66. The number of anilines is 1. The molecule has 2 aromatic carbocycles. The first-order valence-corrected chi connectivity index (χ1v) is 6.44. The topological polar surface area (TPSA) is 64.6 Å². The molecule has 0 heterocycles. The second kappa shape index (κ2) is 7.21. The molecule has 0 aliphatic rings. The molecule has 0 radical (unpaired) electrons. The molecule has 2 rings (SSSR count). The molecule has 1 N–H and O–H groups in total. The van der Waals surface area contributed by atoms with E-state index in [1.165, 1.54) is 37.4 Å². The van der Waals surface area contributed by atoms with E-state index in [0.717, 1.165) is 0 Å². The Balaban J connectivity index is 1.97. The number of rotatable bonds is 6. The van der Waals surface area contributed by atoms with E-state index in [1.54, 1.807) is 12.1 Å². The monoisotopic (exact) mass is 303 g/mol. The van der Waals surface area contributed by atoms with Crippen molar-refractivity contribution in [2.45, 2.75) is 0 Å². The van der Waals surface area contributed by atoms with Gasteiger partial charge >= 0.3 is 0 Å². The summed E-state index contributed by atoms with van der Waals surface area (Å²) >= 11 is 0. The van der Waals surface area contributed by atoms with E-state index in [0.29, 0.717) is 29.0 Å². The van der Waals surface area contributed by atoms with Gasteiger partial charge in [-0.05, 0) is 36.4 Å². The highest BCUT2D eigenvalue weighted by Crippen LogP contribution is 2.27. The second-order valence-corrected chi connectivity index (χ2v) is 4.38. The van der Waals surface area contributed by atoms with Crippen LogP contribution in [0.2, 0.25) is 0 Å². The molecule has 6 heteroatoms. The number of aldehydes is 1. The number of amides is 1. The largest absolute Gasteiger partial charge is 0.493 e. The zero-order chi connectivity index (χ0) is 15.9. The van der Waals surface area contributed by atoms with Crippen LogP contribution in [0.3, 0.4) is 0 Å². The molecular weight excluding hydrogens is 289 g/mol. The number of halogens is 1. The van der Waals surface area contributed by atoms with Crippen LogP contribution in [0.4, 0.5) is 10.1 Å². The Morgan fingerprint density at radius 3 is 2.73 bits per heavy atom. The minimum Gasteiger partial charge on any atom is -0.493 e. The van der Waals surface area contributed by atoms with Gasteiger partial charge in [-0.3, -0.25) is 9.59 Å². The fourth-order valence-corrected chi connectivity index (χ4v) is 1.78. The molecule has 0 aromatic heterocycles. The van der Waals surface area contributed by atoms with Crippen LogP contribution < -0.4 is 14.8 Å². The highest BCUT2D eigenvalue weighted by Gasteiger charge is 2.09. The normalized spacial score (nSPS) is 9.91. The molecule has 5 nitrogen and oxygen atoms in total. The lowest BCUT2D eigenvalue weighted by Gasteiger charge is -2.11. The third kappa shape index (κ3) is 4.05. The van der Waals surface area contributed by atoms with Crippen molar-refractivity contribution in [2.75, 3.05) is 19.0 Å². The van der Waals surface area contributed by atoms with Crippen molar-refractivity contribution in [1.29, 1.82) is 0 Å². The van der Waals surface area contributed by atoms with Gasteiger partial charge in [0.15, 0.2) is 18.1 Å². The molecule has 0 saturated heterocycles. The molecule has 0 saturated carbocycles. The van der Waals surface area contributed by atoms with Crippen molar-refractivity contribution in [3.05, 3.63) is 53.8 Å². The summed E-state index contributed by atoms with van der Waals surface area (Å²) in [4.78, 5) is 22.5. The number of hydrogen-bond acceptors (Lipinski definition) is 4. The van der Waals surface area contributed by atoms with Gasteiger partial charge in [-0.15, -0.1) is 0 Å². The maximum Gasteiger partial charge on any atom is 0.262 e. The van der Waals surface area contributed by atoms with Gasteiger partial charge in [0.05, 0.1) is 7.11 Å². The Morgan fingerprint density at radius 1 is 1.23 bits per heavy atom. The molecule has 0 aliphatic heterocycles. The number of carbonyl (C=O) groups excluding carboxylic acids is 2. The number of ether oxygens (including phenoxy) is 2. The number of nitrogens with one attached hydrogen (secondary N) is 1. The minimum absolute atomic E-state index is 0.271. The lowest BCUT2D eigenvalue weighted by molar-refractivity contribution is -0.118. The van der Waals surface area contributed by atoms with E-state index >= 15 is 0 Å². The zero-order valence-corrected chi connectivity index (χ0v) is 11.8. The quantitative estimate of drug-likeness (QED) is 0.833. The summed E-state index contributed by atoms with van der Waals surface area (Å²) in [6.45, 7) is -0.271. The maximum atomic E-state index is 13.0. The van der Waals surface area contributed by atoms with E-state index in [-0.39, 0.29) is 6.61 Å². The van der Waals surface area contributed by atoms with Crippen LogP contribution in [0.5, 0.6) is 11.5 Å². The van der Waals surface area contributed by atoms with Crippen molar-refractivity contribution < 1.29 is 23.5 Å². The van der Waals surface area contributed by atoms with E-state index < -0.39 is 11.7 Å². The van der Waals surface area contributed by atoms with E-state index in [4.69, 9.17) is 9.47 Å². The first-order valence-electron chi connectivity index (χ1n) is 6.44. The summed E-state index contributed by atoms with van der Waals surface area (Å²) in [6.07, 6.45) is 0.683. The fraction of sp³-hybridized carbons (Fsp3) is 0.125. The Labute approximate surface area is 126 Å². The predicted molar refractivity (Wildman–Crippen MR) is 78.9 cm³/mol. The summed E-state index contributed by atoms with van der Waals surface area (Å²) < 4.78 is 23.4. The highest BCUT2D eigenvalue weighted by atomic mass is 19.1. The molecule has 0 fully saturated rings. The Morgan fingerprint density at radius 2 is 2.05 bits per heavy atom. The van der Waals surface area contributed by atoms with Crippen LogP contribution in [0.25, 0.3) is 0 Å². The molecule has 2 aromatic rings. The van der Waals surface area contributed by atoms with Crippen LogP contribution in [-0.4, -0.2) is 25.9 Å². The Bertz CT molecular complexity index is 688. The third-order valence-electron chi connectivity index (χ3n) is 2.79. The van der Waals surface area contributed by atoms with Crippen LogP contribution in [0.15, 0.2) is 42.5 Å². The lowest BCUT2D eigenvalue weighted by atomic mass is 10.2. The summed E-state index contributed by atoms with van der Waals surface area (Å²) in [5.74, 6) is -0.192. The molecule has 0 atom stereocenters. The molecule has 114 valence electrons. The molecular formula is C16H14FNO4. The van der Waals surface area contributed by atoms with Crippen molar-refractivity contribution in [3.8, 4) is 11.5 Å². The standard InChI is InChI=1S/C16H14FNO4/c1-21-15-7-11(9-19)5-6-14(15)22-10-16(20)18-13-4-2-3-12(17)8-13/h2-9H,10H2,1H3,(H,18,20). The number of carbonyl (C=O) groups is 2. The SMILES string of the molecule is COc1cc(C=O)ccc1OCC(=O)Nc1cccc(F)c1. The van der Waals surface area contributed by atoms with E-state index in [2.05, 4.69) is 5.32 Å². The zero-order valence-electron chi connectivity index (χ0n) is 11.8. The van der Waals surface area contributed by atoms with Crippen LogP contribution >= 0.6 is 0 Å². The van der Waals surface area contributed by atoms with Crippen molar-refractivity contribution in [2.24, 2.45) is 0 Å². The fourth-order valence-electron chi connectivity index (χ4n) is 1.78. The maximum absolute atomic E-state index is 13.0. The van der Waals surface area contributed by atoms with Gasteiger partial charge in [-0.1, -0.05) is 6.07 Å². The summed E-state index contributed by atoms with van der Waals surface area (Å²) in [6, 6.07) is 10.1. The van der Waals surface area contributed by atoms with Crippen molar-refractivity contribution in [1.82, 2.24) is 0 Å². The Hall–Kier alpha value is -2.89. The van der Waals surface area contributed by atoms with Crippen LogP contribution in [0.1, 0.15) is 10.4 Å². The molecule has 0 aliphatic carbocycles. The van der Waals surface area contributed by atoms with Crippen LogP contribution in [0, 0.1) is 5.82 Å². The molecule has 22 heavy (non-hydrogen) atoms. The first-order chi connectivity index (χ1) is 10.6. The molecule has 0 unspecified atom stereocenters. The van der Waals surface area contributed by atoms with Gasteiger partial charge in [0.1, 0.15) is 12.1 Å². The number of hydrogen-bond donors (Lipinski definition) is 1. The smallest absolute Gasteiger partial charge is 0.262 e. The van der Waals surface area contributed by atoms with Crippen molar-refractivity contribution in [3.63, 3.8) is 0 Å². The van der Waals surface area contributed by atoms with Crippen molar-refractivity contribution >= 4 is 17.9 Å². The number of methoxy groups -OCH3 is 1. The average Bonchev–Trinajstić information content (AvgIpc) is 2.52. The summed E-state index contributed by atoms with van der Waals surface area (Å²) in [5, 5.41) is 2.51. The average molecular weight is 303 g/mol. The van der Waals surface area contributed by atoms with E-state index in [9.17, 15) is 14.0 Å². The highest BCUT2D eigenvalue weighted by molar-refractivity contribution is 5.91. The summed E-state index contributed by atoms with van der Waals surface area (Å²) in [5.41, 5.74) is 0.783. The molecule has 1 amide bonds. The second-order valence-electron chi connectivity index (χ2n) is 4.38. The first kappa shape index (κ1) is 15.5. The summed E-state index contributed by atoms with van der Waals surface area (Å²) in [7, 11) is 1.43. The van der Waals surface area contributed by atoms with Gasteiger partial charge < -0.3 is 14.8 Å². The molecule has 0 spiro atoms. The van der Waals surface area contributed by atoms with Gasteiger partial charge in [-0.2, -0.15) is 0 Å². The minimum atomic E-state index is -0.440. The number of benzene rings is 2. The van der Waals surface area contributed by atoms with Crippen LogP contribution in [-0.2, 0) is 4.79 Å². The van der Waals surface area contributed by atoms with E-state index in [1.807, 2.05) is 0 Å². The van der Waals surface area contributed by atoms with Gasteiger partial charge in [0.25, 0.3) is 5.91 Å². The van der Waals surface area contributed by atoms with Gasteiger partial charge in [0, 0.05) is 11.3 Å². The lowest BCUT2D eigenvalue weighted by Crippen LogP contribution is -2.20. The Kier molecular flexibility index (Phi) is 5.08. The van der Waals surface area contributed by atoms with Gasteiger partial charge in [-0.25, -0.2) is 4.39 Å².